The van der Waals surface area contributed by atoms with Crippen molar-refractivity contribution < 1.29 is 14.3 Å². The topological polar surface area (TPSA) is 56.6 Å². The van der Waals surface area contributed by atoms with E-state index >= 15 is 0 Å². The van der Waals surface area contributed by atoms with Crippen LogP contribution in [0.25, 0.3) is 0 Å². The van der Waals surface area contributed by atoms with E-state index in [-0.39, 0.29) is 18.7 Å². The minimum Gasteiger partial charge on any atom is -0.454 e. The number of hydrogen-bond acceptors (Lipinski definition) is 4. The molecule has 6 heteroatoms. The lowest BCUT2D eigenvalue weighted by atomic mass is 10.0. The summed E-state index contributed by atoms with van der Waals surface area (Å²) < 4.78 is 12.9. The van der Waals surface area contributed by atoms with Gasteiger partial charge in [-0.25, -0.2) is 4.98 Å². The Morgan fingerprint density at radius 3 is 2.81 bits per heavy atom. The van der Waals surface area contributed by atoms with Crippen molar-refractivity contribution in [2.24, 2.45) is 0 Å². The molecule has 2 aliphatic rings. The second-order valence-electron chi connectivity index (χ2n) is 6.42. The van der Waals surface area contributed by atoms with Gasteiger partial charge in [-0.15, -0.1) is 0 Å². The maximum Gasteiger partial charge on any atom is 0.254 e. The van der Waals surface area contributed by atoms with Crippen LogP contribution in [0, 0.1) is 0 Å². The summed E-state index contributed by atoms with van der Waals surface area (Å²) >= 11 is 0. The van der Waals surface area contributed by atoms with E-state index < -0.39 is 0 Å². The highest BCUT2D eigenvalue weighted by molar-refractivity contribution is 5.95. The fourth-order valence-corrected chi connectivity index (χ4v) is 3.57. The molecule has 0 N–H and O–H groups in total. The molecule has 0 radical (unpaired) electrons. The maximum absolute atomic E-state index is 13.3. The molecule has 1 aromatic heterocycles. The van der Waals surface area contributed by atoms with Crippen LogP contribution in [-0.2, 0) is 13.1 Å². The zero-order chi connectivity index (χ0) is 17.5. The number of amides is 1. The van der Waals surface area contributed by atoms with Crippen molar-refractivity contribution >= 4 is 5.91 Å². The average molecular weight is 347 g/mol. The number of aromatic nitrogens is 2. The monoisotopic (exact) mass is 347 g/mol. The third-order valence-electron chi connectivity index (χ3n) is 4.92. The summed E-state index contributed by atoms with van der Waals surface area (Å²) in [5, 5.41) is 0. The van der Waals surface area contributed by atoms with E-state index in [2.05, 4.69) is 21.7 Å². The fourth-order valence-electron chi connectivity index (χ4n) is 3.57. The number of benzene rings is 2. The number of carbonyl (C=O) groups excluding carboxylic acids is 1. The molecule has 130 valence electrons. The SMILES string of the molecule is O=C(c1ccc2c(c1)OCO2)N1Cc2nccn2C[C@H]1c1ccccc1. The molecule has 0 saturated carbocycles. The maximum atomic E-state index is 13.3. The van der Waals surface area contributed by atoms with E-state index in [1.54, 1.807) is 24.4 Å². The highest BCUT2D eigenvalue weighted by Gasteiger charge is 2.32. The van der Waals surface area contributed by atoms with Gasteiger partial charge >= 0.3 is 0 Å². The summed E-state index contributed by atoms with van der Waals surface area (Å²) in [6.07, 6.45) is 3.75. The van der Waals surface area contributed by atoms with Crippen LogP contribution in [0.5, 0.6) is 11.5 Å². The molecule has 5 rings (SSSR count). The van der Waals surface area contributed by atoms with Crippen molar-refractivity contribution in [1.82, 2.24) is 14.5 Å². The molecule has 6 nitrogen and oxygen atoms in total. The first kappa shape index (κ1) is 15.0. The Balaban J connectivity index is 1.53. The quantitative estimate of drug-likeness (QED) is 0.715. The molecule has 26 heavy (non-hydrogen) atoms. The van der Waals surface area contributed by atoms with Gasteiger partial charge in [0, 0.05) is 24.5 Å². The molecular weight excluding hydrogens is 330 g/mol. The molecule has 0 bridgehead atoms. The fraction of sp³-hybridized carbons (Fsp3) is 0.200. The zero-order valence-corrected chi connectivity index (χ0v) is 14.0. The Kier molecular flexibility index (Phi) is 3.41. The molecule has 0 spiro atoms. The number of carbonyl (C=O) groups is 1. The summed E-state index contributed by atoms with van der Waals surface area (Å²) in [6.45, 7) is 1.36. The van der Waals surface area contributed by atoms with Crippen molar-refractivity contribution in [1.29, 1.82) is 0 Å². The highest BCUT2D eigenvalue weighted by Crippen LogP contribution is 2.35. The van der Waals surface area contributed by atoms with E-state index in [0.29, 0.717) is 30.2 Å². The molecule has 1 atom stereocenters. The summed E-state index contributed by atoms with van der Waals surface area (Å²) in [4.78, 5) is 19.6. The number of nitrogens with zero attached hydrogens (tertiary/aromatic N) is 3. The average Bonchev–Trinajstić information content (AvgIpc) is 3.35. The smallest absolute Gasteiger partial charge is 0.254 e. The van der Waals surface area contributed by atoms with Gasteiger partial charge < -0.3 is 18.9 Å². The van der Waals surface area contributed by atoms with Crippen molar-refractivity contribution in [3.05, 3.63) is 77.9 Å². The van der Waals surface area contributed by atoms with Crippen molar-refractivity contribution in [3.63, 3.8) is 0 Å². The molecular formula is C20H17N3O3. The lowest BCUT2D eigenvalue weighted by Crippen LogP contribution is -2.41. The first-order chi connectivity index (χ1) is 12.8. The van der Waals surface area contributed by atoms with Crippen LogP contribution in [0.4, 0.5) is 0 Å². The molecule has 3 aromatic rings. The van der Waals surface area contributed by atoms with E-state index in [0.717, 1.165) is 11.4 Å². The van der Waals surface area contributed by atoms with E-state index in [9.17, 15) is 4.79 Å². The molecule has 2 aliphatic heterocycles. The Hall–Kier alpha value is -3.28. The van der Waals surface area contributed by atoms with Gasteiger partial charge in [-0.1, -0.05) is 30.3 Å². The van der Waals surface area contributed by atoms with Crippen LogP contribution in [0.1, 0.15) is 27.8 Å². The summed E-state index contributed by atoms with van der Waals surface area (Å²) in [5.74, 6) is 2.15. The Bertz CT molecular complexity index is 967. The number of rotatable bonds is 2. The summed E-state index contributed by atoms with van der Waals surface area (Å²) in [6, 6.07) is 15.4. The van der Waals surface area contributed by atoms with Crippen LogP contribution in [0.2, 0.25) is 0 Å². The number of hydrogen-bond donors (Lipinski definition) is 0. The van der Waals surface area contributed by atoms with Gasteiger partial charge in [-0.05, 0) is 23.8 Å². The highest BCUT2D eigenvalue weighted by atomic mass is 16.7. The van der Waals surface area contributed by atoms with Crippen molar-refractivity contribution in [2.75, 3.05) is 6.79 Å². The molecule has 0 aliphatic carbocycles. The first-order valence-corrected chi connectivity index (χ1v) is 8.55. The number of ether oxygens (including phenoxy) is 2. The molecule has 0 fully saturated rings. The standard InChI is InChI=1S/C20H17N3O3/c24-20(15-6-7-17-18(10-15)26-13-25-17)23-12-19-21-8-9-22(19)11-16(23)14-4-2-1-3-5-14/h1-10,16H,11-13H2/t16-/m0/s1. The second-order valence-corrected chi connectivity index (χ2v) is 6.42. The summed E-state index contributed by atoms with van der Waals surface area (Å²) in [7, 11) is 0. The predicted molar refractivity (Wildman–Crippen MR) is 93.8 cm³/mol. The van der Waals surface area contributed by atoms with E-state index in [4.69, 9.17) is 9.47 Å². The predicted octanol–water partition coefficient (Wildman–Crippen LogP) is 3.01. The first-order valence-electron chi connectivity index (χ1n) is 8.55. The van der Waals surface area contributed by atoms with Gasteiger partial charge in [0.05, 0.1) is 12.6 Å². The molecule has 3 heterocycles. The van der Waals surface area contributed by atoms with Gasteiger partial charge in [0.2, 0.25) is 6.79 Å². The molecule has 1 amide bonds. The van der Waals surface area contributed by atoms with Crippen LogP contribution >= 0.6 is 0 Å². The van der Waals surface area contributed by atoms with Crippen LogP contribution < -0.4 is 9.47 Å². The Labute approximate surface area is 150 Å². The van der Waals surface area contributed by atoms with Gasteiger partial charge in [0.15, 0.2) is 11.5 Å². The number of fused-ring (bicyclic) bond motifs is 2. The van der Waals surface area contributed by atoms with Gasteiger partial charge in [-0.3, -0.25) is 4.79 Å². The molecule has 0 saturated heterocycles. The summed E-state index contributed by atoms with van der Waals surface area (Å²) in [5.41, 5.74) is 1.70. The largest absolute Gasteiger partial charge is 0.454 e. The molecule has 2 aromatic carbocycles. The van der Waals surface area contributed by atoms with Crippen LogP contribution in [0.3, 0.4) is 0 Å². The van der Waals surface area contributed by atoms with E-state index in [1.165, 1.54) is 0 Å². The minimum atomic E-state index is -0.0455. The van der Waals surface area contributed by atoms with Gasteiger partial charge in [0.1, 0.15) is 5.82 Å². The zero-order valence-electron chi connectivity index (χ0n) is 14.0. The van der Waals surface area contributed by atoms with Crippen molar-refractivity contribution in [2.45, 2.75) is 19.1 Å². The van der Waals surface area contributed by atoms with Crippen molar-refractivity contribution in [3.8, 4) is 11.5 Å². The third kappa shape index (κ3) is 2.42. The number of imidazole rings is 1. The van der Waals surface area contributed by atoms with Crippen LogP contribution in [-0.4, -0.2) is 27.2 Å². The van der Waals surface area contributed by atoms with E-state index in [1.807, 2.05) is 29.3 Å². The minimum absolute atomic E-state index is 0.0357. The lowest BCUT2D eigenvalue weighted by Gasteiger charge is -2.36. The second kappa shape index (κ2) is 5.91. The third-order valence-corrected chi connectivity index (χ3v) is 4.92. The van der Waals surface area contributed by atoms with Crippen LogP contribution in [0.15, 0.2) is 60.9 Å². The van der Waals surface area contributed by atoms with Gasteiger partial charge in [0.25, 0.3) is 5.91 Å². The Morgan fingerprint density at radius 2 is 1.92 bits per heavy atom. The normalized spacial score (nSPS) is 17.8. The lowest BCUT2D eigenvalue weighted by molar-refractivity contribution is 0.0584. The molecule has 0 unspecified atom stereocenters. The van der Waals surface area contributed by atoms with Gasteiger partial charge in [-0.2, -0.15) is 0 Å². The Morgan fingerprint density at radius 1 is 1.08 bits per heavy atom.